The fraction of sp³-hybridized carbons (Fsp3) is 0.267. The van der Waals surface area contributed by atoms with Crippen LogP contribution in [0.3, 0.4) is 0 Å². The molecule has 10 heteroatoms. The van der Waals surface area contributed by atoms with Gasteiger partial charge in [0.1, 0.15) is 6.20 Å². The maximum atomic E-state index is 10.7. The highest BCUT2D eigenvalue weighted by molar-refractivity contribution is 5.85. The van der Waals surface area contributed by atoms with E-state index in [4.69, 9.17) is 10.3 Å². The molecular weight excluding hydrogens is 348 g/mol. The Morgan fingerprint density at radius 2 is 2.00 bits per heavy atom. The van der Waals surface area contributed by atoms with Crippen molar-refractivity contribution in [3.8, 4) is 11.4 Å². The first-order valence-corrected chi connectivity index (χ1v) is 7.37. The second-order valence-corrected chi connectivity index (χ2v) is 5.26. The summed E-state index contributed by atoms with van der Waals surface area (Å²) in [5, 5.41) is 14.7. The lowest BCUT2D eigenvalue weighted by molar-refractivity contribution is -0.389. The van der Waals surface area contributed by atoms with Crippen molar-refractivity contribution >= 4 is 18.2 Å². The lowest BCUT2D eigenvalue weighted by atomic mass is 10.1. The lowest BCUT2D eigenvalue weighted by Gasteiger charge is -1.98. The Morgan fingerprint density at radius 1 is 1.28 bits per heavy atom. The Morgan fingerprint density at radius 3 is 2.60 bits per heavy atom. The van der Waals surface area contributed by atoms with Gasteiger partial charge >= 0.3 is 5.82 Å². The number of nitrogens with zero attached hydrogens (tertiary/aromatic N) is 5. The van der Waals surface area contributed by atoms with Crippen molar-refractivity contribution in [2.45, 2.75) is 26.4 Å². The number of hydrogen-bond acceptors (Lipinski definition) is 7. The van der Waals surface area contributed by atoms with Gasteiger partial charge in [-0.25, -0.2) is 0 Å². The molecule has 0 aliphatic carbocycles. The smallest absolute Gasteiger partial charge is 0.358 e. The Hall–Kier alpha value is -2.78. The maximum Gasteiger partial charge on any atom is 0.381 e. The summed E-state index contributed by atoms with van der Waals surface area (Å²) in [5.41, 5.74) is 7.44. The molecule has 3 aromatic rings. The van der Waals surface area contributed by atoms with Crippen molar-refractivity contribution in [2.75, 3.05) is 0 Å². The molecule has 0 atom stereocenters. The SMILES string of the molecule is Cc1nc([N+](=O)[O-])cn1CCc1nc(-c2ccc(CN)cc2)no1.Cl. The van der Waals surface area contributed by atoms with Crippen molar-refractivity contribution < 1.29 is 9.45 Å². The number of benzene rings is 1. The summed E-state index contributed by atoms with van der Waals surface area (Å²) >= 11 is 0. The Kier molecular flexibility index (Phi) is 5.84. The van der Waals surface area contributed by atoms with Crippen LogP contribution in [-0.4, -0.2) is 24.6 Å². The Bertz CT molecular complexity index is 859. The second-order valence-electron chi connectivity index (χ2n) is 5.26. The summed E-state index contributed by atoms with van der Waals surface area (Å²) in [7, 11) is 0. The van der Waals surface area contributed by atoms with Gasteiger partial charge in [-0.05, 0) is 15.5 Å². The number of aryl methyl sites for hydroxylation is 3. The highest BCUT2D eigenvalue weighted by Crippen LogP contribution is 2.17. The normalized spacial score (nSPS) is 10.5. The van der Waals surface area contributed by atoms with Crippen LogP contribution >= 0.6 is 12.4 Å². The third-order valence-electron chi connectivity index (χ3n) is 3.63. The first-order chi connectivity index (χ1) is 11.6. The summed E-state index contributed by atoms with van der Waals surface area (Å²) < 4.78 is 6.93. The summed E-state index contributed by atoms with van der Waals surface area (Å²) in [6.45, 7) is 2.67. The first kappa shape index (κ1) is 18.6. The first-order valence-electron chi connectivity index (χ1n) is 7.37. The number of imidazole rings is 1. The van der Waals surface area contributed by atoms with Crippen LogP contribution in [0.4, 0.5) is 5.82 Å². The van der Waals surface area contributed by atoms with Crippen LogP contribution < -0.4 is 5.73 Å². The average molecular weight is 365 g/mol. The van der Waals surface area contributed by atoms with Crippen LogP contribution in [0.2, 0.25) is 0 Å². The summed E-state index contributed by atoms with van der Waals surface area (Å²) in [4.78, 5) is 18.4. The quantitative estimate of drug-likeness (QED) is 0.525. The molecule has 2 aromatic heterocycles. The molecule has 9 nitrogen and oxygen atoms in total. The largest absolute Gasteiger partial charge is 0.381 e. The number of nitro groups is 1. The van der Waals surface area contributed by atoms with Gasteiger partial charge in [0.2, 0.25) is 17.5 Å². The van der Waals surface area contributed by atoms with Crippen molar-refractivity contribution in [3.05, 3.63) is 57.9 Å². The number of nitrogens with two attached hydrogens (primary N) is 1. The van der Waals surface area contributed by atoms with E-state index < -0.39 is 4.92 Å². The van der Waals surface area contributed by atoms with E-state index in [9.17, 15) is 10.1 Å². The van der Waals surface area contributed by atoms with Gasteiger partial charge in [-0.15, -0.1) is 12.4 Å². The zero-order chi connectivity index (χ0) is 17.1. The monoisotopic (exact) mass is 364 g/mol. The van der Waals surface area contributed by atoms with Crippen molar-refractivity contribution in [1.82, 2.24) is 19.7 Å². The van der Waals surface area contributed by atoms with E-state index >= 15 is 0 Å². The van der Waals surface area contributed by atoms with Crippen molar-refractivity contribution in [2.24, 2.45) is 5.73 Å². The van der Waals surface area contributed by atoms with Gasteiger partial charge in [-0.3, -0.25) is 0 Å². The number of aromatic nitrogens is 4. The van der Waals surface area contributed by atoms with Crippen molar-refractivity contribution in [1.29, 1.82) is 0 Å². The molecule has 0 saturated heterocycles. The minimum atomic E-state index is -0.515. The minimum Gasteiger partial charge on any atom is -0.358 e. The van der Waals surface area contributed by atoms with E-state index in [-0.39, 0.29) is 18.2 Å². The van der Waals surface area contributed by atoms with Crippen LogP contribution in [0.1, 0.15) is 17.3 Å². The van der Waals surface area contributed by atoms with Gasteiger partial charge in [-0.1, -0.05) is 29.4 Å². The van der Waals surface area contributed by atoms with Gasteiger partial charge in [0.15, 0.2) is 0 Å². The molecule has 0 radical (unpaired) electrons. The molecule has 0 unspecified atom stereocenters. The topological polar surface area (TPSA) is 126 Å². The van der Waals surface area contributed by atoms with Crippen LogP contribution in [0.25, 0.3) is 11.4 Å². The number of hydrogen-bond donors (Lipinski definition) is 1. The zero-order valence-corrected chi connectivity index (χ0v) is 14.3. The highest BCUT2D eigenvalue weighted by atomic mass is 35.5. The maximum absolute atomic E-state index is 10.7. The molecule has 0 amide bonds. The second kappa shape index (κ2) is 7.86. The summed E-state index contributed by atoms with van der Waals surface area (Å²) in [6.07, 6.45) is 1.86. The van der Waals surface area contributed by atoms with Crippen LogP contribution in [-0.2, 0) is 19.5 Å². The predicted octanol–water partition coefficient (Wildman–Crippen LogP) is 2.27. The third-order valence-corrected chi connectivity index (χ3v) is 3.63. The molecule has 0 bridgehead atoms. The van der Waals surface area contributed by atoms with E-state index in [0.29, 0.717) is 37.0 Å². The number of halogens is 1. The van der Waals surface area contributed by atoms with Gasteiger partial charge in [-0.2, -0.15) is 4.98 Å². The lowest BCUT2D eigenvalue weighted by Crippen LogP contribution is -2.02. The average Bonchev–Trinajstić information content (AvgIpc) is 3.20. The molecule has 0 saturated carbocycles. The predicted molar refractivity (Wildman–Crippen MR) is 92.2 cm³/mol. The molecule has 0 spiro atoms. The van der Waals surface area contributed by atoms with E-state index in [1.54, 1.807) is 11.5 Å². The van der Waals surface area contributed by atoms with E-state index in [1.807, 2.05) is 24.3 Å². The van der Waals surface area contributed by atoms with Crippen LogP contribution in [0.15, 0.2) is 35.0 Å². The van der Waals surface area contributed by atoms with Crippen LogP contribution in [0, 0.1) is 17.0 Å². The van der Waals surface area contributed by atoms with Gasteiger partial charge in [0.05, 0.1) is 0 Å². The molecule has 0 aliphatic rings. The molecule has 25 heavy (non-hydrogen) atoms. The zero-order valence-electron chi connectivity index (χ0n) is 13.5. The van der Waals surface area contributed by atoms with Gasteiger partial charge in [0.25, 0.3) is 0 Å². The van der Waals surface area contributed by atoms with E-state index in [0.717, 1.165) is 11.1 Å². The van der Waals surface area contributed by atoms with Crippen molar-refractivity contribution in [3.63, 3.8) is 0 Å². The van der Waals surface area contributed by atoms with E-state index in [1.165, 1.54) is 6.20 Å². The summed E-state index contributed by atoms with van der Waals surface area (Å²) in [5.74, 6) is 1.36. The molecular formula is C15H17ClN6O3. The minimum absolute atomic E-state index is 0. The third kappa shape index (κ3) is 4.20. The number of rotatable bonds is 6. The fourth-order valence-electron chi connectivity index (χ4n) is 2.29. The molecule has 0 fully saturated rings. The fourth-order valence-corrected chi connectivity index (χ4v) is 2.29. The van der Waals surface area contributed by atoms with Gasteiger partial charge < -0.3 is 24.9 Å². The molecule has 132 valence electrons. The Balaban J connectivity index is 0.00000225. The highest BCUT2D eigenvalue weighted by Gasteiger charge is 2.16. The summed E-state index contributed by atoms with van der Waals surface area (Å²) in [6, 6.07) is 7.61. The molecule has 3 rings (SSSR count). The molecule has 2 N–H and O–H groups in total. The van der Waals surface area contributed by atoms with Gasteiger partial charge in [0, 0.05) is 32.0 Å². The molecule has 1 aromatic carbocycles. The Labute approximate surface area is 149 Å². The molecule has 2 heterocycles. The van der Waals surface area contributed by atoms with E-state index in [2.05, 4.69) is 15.1 Å². The molecule has 0 aliphatic heterocycles. The standard InChI is InChI=1S/C15H16N6O3.ClH/c1-10-17-13(21(22)23)9-20(10)7-6-14-18-15(19-24-14)12-4-2-11(8-16)3-5-12;/h2-5,9H,6-8,16H2,1H3;1H. The van der Waals surface area contributed by atoms with Crippen LogP contribution in [0.5, 0.6) is 0 Å².